The first kappa shape index (κ1) is 9.48. The van der Waals surface area contributed by atoms with Crippen LogP contribution in [0.1, 0.15) is 5.69 Å². The van der Waals surface area contributed by atoms with Gasteiger partial charge in [-0.3, -0.25) is 0 Å². The molecule has 0 saturated carbocycles. The molecule has 0 fully saturated rings. The maximum Gasteiger partial charge on any atom is 0.263 e. The molecule has 14 heavy (non-hydrogen) atoms. The number of nitrogens with zero attached hydrogens (tertiary/aromatic N) is 1. The zero-order valence-corrected chi connectivity index (χ0v) is 9.17. The van der Waals surface area contributed by atoms with Gasteiger partial charge in [-0.25, -0.2) is 4.98 Å². The lowest BCUT2D eigenvalue weighted by Crippen LogP contribution is -2.04. The number of aromatic nitrogens is 1. The summed E-state index contributed by atoms with van der Waals surface area (Å²) in [6, 6.07) is 3.61. The molecule has 0 atom stereocenters. The molecule has 0 saturated heterocycles. The monoisotopic (exact) mass is 256 g/mol. The Kier molecular flexibility index (Phi) is 2.69. The Balaban J connectivity index is 2.24. The average Bonchev–Trinajstić information content (AvgIpc) is 2.74. The molecular formula is C9H9BrN2O2. The van der Waals surface area contributed by atoms with Crippen LogP contribution in [0, 0.1) is 0 Å². The molecule has 5 heteroatoms. The highest BCUT2D eigenvalue weighted by Gasteiger charge is 2.09. The van der Waals surface area contributed by atoms with Crippen LogP contribution < -0.4 is 5.32 Å². The fourth-order valence-electron chi connectivity index (χ4n) is 1.11. The zero-order chi connectivity index (χ0) is 9.97. The van der Waals surface area contributed by atoms with E-state index in [1.165, 1.54) is 0 Å². The van der Waals surface area contributed by atoms with Gasteiger partial charge in [0.15, 0.2) is 10.4 Å². The highest BCUT2D eigenvalue weighted by molar-refractivity contribution is 9.10. The molecule has 4 nitrogen and oxygen atoms in total. The standard InChI is InChI=1S/C9H9BrN2O2/c1-11-4-6-5-13-9(12-6)7-2-3-8(10)14-7/h2-3,5,11H,4H2,1H3. The van der Waals surface area contributed by atoms with Crippen LogP contribution in [-0.2, 0) is 6.54 Å². The summed E-state index contributed by atoms with van der Waals surface area (Å²) in [5.74, 6) is 1.13. The summed E-state index contributed by atoms with van der Waals surface area (Å²) < 4.78 is 11.2. The fourth-order valence-corrected chi connectivity index (χ4v) is 1.42. The zero-order valence-electron chi connectivity index (χ0n) is 7.58. The quantitative estimate of drug-likeness (QED) is 0.917. The number of hydrogen-bond donors (Lipinski definition) is 1. The summed E-state index contributed by atoms with van der Waals surface area (Å²) in [5.41, 5.74) is 0.857. The minimum absolute atomic E-state index is 0.501. The first-order chi connectivity index (χ1) is 6.79. The third-order valence-corrected chi connectivity index (χ3v) is 2.12. The molecule has 1 N–H and O–H groups in total. The maximum absolute atomic E-state index is 5.30. The van der Waals surface area contributed by atoms with Gasteiger partial charge in [0.1, 0.15) is 6.26 Å². The summed E-state index contributed by atoms with van der Waals surface area (Å²) in [4.78, 5) is 4.24. The molecule has 0 amide bonds. The Morgan fingerprint density at radius 3 is 3.00 bits per heavy atom. The van der Waals surface area contributed by atoms with Gasteiger partial charge in [-0.2, -0.15) is 0 Å². The fraction of sp³-hybridized carbons (Fsp3) is 0.222. The number of furan rings is 1. The summed E-state index contributed by atoms with van der Waals surface area (Å²) >= 11 is 3.22. The molecule has 0 radical (unpaired) electrons. The molecule has 0 aromatic carbocycles. The SMILES string of the molecule is CNCc1coc(-c2ccc(Br)o2)n1. The normalized spacial score (nSPS) is 10.7. The number of rotatable bonds is 3. The van der Waals surface area contributed by atoms with Crippen LogP contribution in [0.3, 0.4) is 0 Å². The van der Waals surface area contributed by atoms with Crippen molar-refractivity contribution in [2.24, 2.45) is 0 Å². The largest absolute Gasteiger partial charge is 0.444 e. The third kappa shape index (κ3) is 1.88. The Hall–Kier alpha value is -1.07. The first-order valence-corrected chi connectivity index (χ1v) is 4.93. The Morgan fingerprint density at radius 2 is 2.36 bits per heavy atom. The smallest absolute Gasteiger partial charge is 0.263 e. The van der Waals surface area contributed by atoms with Crippen LogP contribution in [0.25, 0.3) is 11.7 Å². The van der Waals surface area contributed by atoms with Gasteiger partial charge in [0.25, 0.3) is 5.89 Å². The average molecular weight is 257 g/mol. The minimum atomic E-state index is 0.501. The summed E-state index contributed by atoms with van der Waals surface area (Å²) in [6.45, 7) is 0.686. The van der Waals surface area contributed by atoms with Crippen molar-refractivity contribution in [3.8, 4) is 11.7 Å². The van der Waals surface area contributed by atoms with Crippen molar-refractivity contribution in [1.82, 2.24) is 10.3 Å². The lowest BCUT2D eigenvalue weighted by atomic mass is 10.4. The van der Waals surface area contributed by atoms with Gasteiger partial charge >= 0.3 is 0 Å². The molecule has 0 aliphatic rings. The lowest BCUT2D eigenvalue weighted by Gasteiger charge is -1.89. The van der Waals surface area contributed by atoms with E-state index in [0.29, 0.717) is 22.9 Å². The maximum atomic E-state index is 5.30. The third-order valence-electron chi connectivity index (χ3n) is 1.69. The molecule has 2 aromatic rings. The van der Waals surface area contributed by atoms with Crippen LogP contribution in [-0.4, -0.2) is 12.0 Å². The molecule has 0 unspecified atom stereocenters. The van der Waals surface area contributed by atoms with E-state index in [1.54, 1.807) is 18.4 Å². The van der Waals surface area contributed by atoms with E-state index in [1.807, 2.05) is 7.05 Å². The Morgan fingerprint density at radius 1 is 1.50 bits per heavy atom. The van der Waals surface area contributed by atoms with Crippen molar-refractivity contribution in [1.29, 1.82) is 0 Å². The van der Waals surface area contributed by atoms with Gasteiger partial charge in [0.2, 0.25) is 0 Å². The first-order valence-electron chi connectivity index (χ1n) is 4.14. The van der Waals surface area contributed by atoms with Crippen LogP contribution in [0.4, 0.5) is 0 Å². The molecule has 0 bridgehead atoms. The van der Waals surface area contributed by atoms with E-state index in [2.05, 4.69) is 26.2 Å². The summed E-state index contributed by atoms with van der Waals surface area (Å²) in [7, 11) is 1.86. The van der Waals surface area contributed by atoms with Crippen molar-refractivity contribution < 1.29 is 8.83 Å². The molecule has 2 heterocycles. The number of hydrogen-bond acceptors (Lipinski definition) is 4. The predicted octanol–water partition coefficient (Wildman–Crippen LogP) is 2.42. The molecule has 2 aromatic heterocycles. The van der Waals surface area contributed by atoms with Gasteiger partial charge in [0.05, 0.1) is 5.69 Å². The topological polar surface area (TPSA) is 51.2 Å². The minimum Gasteiger partial charge on any atom is -0.444 e. The molecule has 0 aliphatic heterocycles. The highest BCUT2D eigenvalue weighted by atomic mass is 79.9. The molecule has 2 rings (SSSR count). The van der Waals surface area contributed by atoms with Gasteiger partial charge in [-0.15, -0.1) is 0 Å². The van der Waals surface area contributed by atoms with E-state index >= 15 is 0 Å². The van der Waals surface area contributed by atoms with Crippen LogP contribution >= 0.6 is 15.9 Å². The number of halogens is 1. The van der Waals surface area contributed by atoms with Crippen molar-refractivity contribution in [2.45, 2.75) is 6.54 Å². The summed E-state index contributed by atoms with van der Waals surface area (Å²) in [6.07, 6.45) is 1.61. The van der Waals surface area contributed by atoms with Gasteiger partial charge in [-0.1, -0.05) is 0 Å². The number of oxazole rings is 1. The van der Waals surface area contributed by atoms with Crippen molar-refractivity contribution in [3.05, 3.63) is 28.8 Å². The van der Waals surface area contributed by atoms with Gasteiger partial charge in [-0.05, 0) is 35.1 Å². The number of nitrogens with one attached hydrogen (secondary N) is 1. The predicted molar refractivity (Wildman–Crippen MR) is 54.7 cm³/mol. The van der Waals surface area contributed by atoms with Crippen molar-refractivity contribution >= 4 is 15.9 Å². The van der Waals surface area contributed by atoms with E-state index in [9.17, 15) is 0 Å². The molecule has 0 spiro atoms. The second-order valence-electron chi connectivity index (χ2n) is 2.78. The van der Waals surface area contributed by atoms with Crippen molar-refractivity contribution in [2.75, 3.05) is 7.05 Å². The molecule has 74 valence electrons. The van der Waals surface area contributed by atoms with Crippen LogP contribution in [0.5, 0.6) is 0 Å². The second-order valence-corrected chi connectivity index (χ2v) is 3.56. The highest BCUT2D eigenvalue weighted by Crippen LogP contribution is 2.24. The summed E-state index contributed by atoms with van der Waals surface area (Å²) in [5, 5.41) is 2.99. The van der Waals surface area contributed by atoms with Gasteiger partial charge in [0, 0.05) is 6.54 Å². The van der Waals surface area contributed by atoms with E-state index in [0.717, 1.165) is 5.69 Å². The molecule has 0 aliphatic carbocycles. The van der Waals surface area contributed by atoms with Gasteiger partial charge < -0.3 is 14.2 Å². The Bertz CT molecular complexity index is 422. The Labute approximate surface area is 89.4 Å². The van der Waals surface area contributed by atoms with E-state index in [-0.39, 0.29) is 0 Å². The van der Waals surface area contributed by atoms with Crippen LogP contribution in [0.2, 0.25) is 0 Å². The van der Waals surface area contributed by atoms with Crippen molar-refractivity contribution in [3.63, 3.8) is 0 Å². The lowest BCUT2D eigenvalue weighted by molar-refractivity contribution is 0.504. The van der Waals surface area contributed by atoms with E-state index < -0.39 is 0 Å². The molecular weight excluding hydrogens is 248 g/mol. The van der Waals surface area contributed by atoms with Crippen LogP contribution in [0.15, 0.2) is 31.9 Å². The second kappa shape index (κ2) is 3.98. The van der Waals surface area contributed by atoms with E-state index in [4.69, 9.17) is 8.83 Å².